The summed E-state index contributed by atoms with van der Waals surface area (Å²) in [6.07, 6.45) is 1.67. The van der Waals surface area contributed by atoms with Crippen LogP contribution < -0.4 is 10.2 Å². The Morgan fingerprint density at radius 2 is 1.70 bits per heavy atom. The molecule has 0 bridgehead atoms. The molecule has 2 aromatic carbocycles. The molecule has 1 N–H and O–H groups in total. The van der Waals surface area contributed by atoms with E-state index in [0.717, 1.165) is 0 Å². The third kappa shape index (κ3) is 3.38. The van der Waals surface area contributed by atoms with Crippen LogP contribution in [0, 0.1) is 11.3 Å². The van der Waals surface area contributed by atoms with E-state index in [1.165, 1.54) is 4.90 Å². The smallest absolute Gasteiger partial charge is 0.292 e. The van der Waals surface area contributed by atoms with Gasteiger partial charge < -0.3 is 10.2 Å². The van der Waals surface area contributed by atoms with Gasteiger partial charge in [-0.3, -0.25) is 14.0 Å². The highest BCUT2D eigenvalue weighted by Gasteiger charge is 2.24. The molecule has 2 heterocycles. The van der Waals surface area contributed by atoms with Crippen LogP contribution in [-0.2, 0) is 0 Å². The summed E-state index contributed by atoms with van der Waals surface area (Å²) in [5.41, 5.74) is 2.12. The van der Waals surface area contributed by atoms with Gasteiger partial charge >= 0.3 is 0 Å². The zero-order valence-electron chi connectivity index (χ0n) is 16.1. The summed E-state index contributed by atoms with van der Waals surface area (Å²) in [5, 5.41) is 12.0. The lowest BCUT2D eigenvalue weighted by Crippen LogP contribution is -2.26. The Morgan fingerprint density at radius 3 is 2.47 bits per heavy atom. The lowest BCUT2D eigenvalue weighted by Gasteiger charge is -2.16. The van der Waals surface area contributed by atoms with E-state index in [4.69, 9.17) is 0 Å². The predicted molar refractivity (Wildman–Crippen MR) is 113 cm³/mol. The summed E-state index contributed by atoms with van der Waals surface area (Å²) < 4.78 is 1.57. The number of nitriles is 1. The molecule has 2 amide bonds. The number of imidazole rings is 1. The monoisotopic (exact) mass is 395 g/mol. The minimum Gasteiger partial charge on any atom is -0.318 e. The van der Waals surface area contributed by atoms with Gasteiger partial charge in [0.25, 0.3) is 11.8 Å². The largest absolute Gasteiger partial charge is 0.318 e. The molecule has 0 radical (unpaired) electrons. The molecule has 30 heavy (non-hydrogen) atoms. The number of carbonyl (C=O) groups is 2. The van der Waals surface area contributed by atoms with Crippen molar-refractivity contribution >= 4 is 28.7 Å². The number of nitrogens with one attached hydrogen (secondary N) is 1. The third-order valence-corrected chi connectivity index (χ3v) is 4.70. The molecule has 0 atom stereocenters. The average molecular weight is 395 g/mol. The number of hydrogen-bond acceptors (Lipinski definition) is 4. The van der Waals surface area contributed by atoms with Gasteiger partial charge in [-0.25, -0.2) is 4.98 Å². The van der Waals surface area contributed by atoms with Gasteiger partial charge in [-0.05, 0) is 36.4 Å². The molecule has 0 fully saturated rings. The molecule has 146 valence electrons. The van der Waals surface area contributed by atoms with E-state index in [0.29, 0.717) is 22.5 Å². The second kappa shape index (κ2) is 7.89. The molecule has 0 unspecified atom stereocenters. The molecule has 4 aromatic rings. The molecular formula is C23H17N5O2. The second-order valence-electron chi connectivity index (χ2n) is 6.55. The maximum atomic E-state index is 13.1. The van der Waals surface area contributed by atoms with Gasteiger partial charge in [0.2, 0.25) is 5.82 Å². The lowest BCUT2D eigenvalue weighted by molar-refractivity contribution is 0.0990. The van der Waals surface area contributed by atoms with Crippen molar-refractivity contribution in [3.05, 3.63) is 96.1 Å². The first kappa shape index (κ1) is 18.9. The first-order chi connectivity index (χ1) is 14.6. The summed E-state index contributed by atoms with van der Waals surface area (Å²) in [6, 6.07) is 23.2. The Hall–Kier alpha value is -4.44. The Morgan fingerprint density at radius 1 is 1.00 bits per heavy atom. The van der Waals surface area contributed by atoms with Crippen molar-refractivity contribution < 1.29 is 9.59 Å². The maximum absolute atomic E-state index is 13.1. The van der Waals surface area contributed by atoms with Crippen LogP contribution in [0.2, 0.25) is 0 Å². The molecule has 0 saturated heterocycles. The number of benzene rings is 2. The van der Waals surface area contributed by atoms with Crippen molar-refractivity contribution in [2.75, 3.05) is 17.3 Å². The number of fused-ring (bicyclic) bond motifs is 1. The van der Waals surface area contributed by atoms with Gasteiger partial charge in [0, 0.05) is 18.9 Å². The molecule has 7 nitrogen and oxygen atoms in total. The summed E-state index contributed by atoms with van der Waals surface area (Å²) in [7, 11) is 1.66. The fourth-order valence-corrected chi connectivity index (χ4v) is 3.15. The van der Waals surface area contributed by atoms with Crippen molar-refractivity contribution in [2.24, 2.45) is 0 Å². The lowest BCUT2D eigenvalue weighted by atomic mass is 10.2. The first-order valence-electron chi connectivity index (χ1n) is 9.21. The van der Waals surface area contributed by atoms with Gasteiger partial charge in [0.1, 0.15) is 6.07 Å². The minimum atomic E-state index is -0.514. The summed E-state index contributed by atoms with van der Waals surface area (Å²) >= 11 is 0. The molecule has 4 rings (SSSR count). The Labute approximate surface area is 172 Å². The number of anilines is 2. The van der Waals surface area contributed by atoms with Gasteiger partial charge in [-0.2, -0.15) is 5.26 Å². The highest BCUT2D eigenvalue weighted by molar-refractivity contribution is 6.11. The summed E-state index contributed by atoms with van der Waals surface area (Å²) in [6.45, 7) is 0. The third-order valence-electron chi connectivity index (χ3n) is 4.70. The van der Waals surface area contributed by atoms with E-state index >= 15 is 0 Å². The molecule has 7 heteroatoms. The van der Waals surface area contributed by atoms with E-state index in [1.54, 1.807) is 60.1 Å². The first-order valence-corrected chi connectivity index (χ1v) is 9.21. The summed E-state index contributed by atoms with van der Waals surface area (Å²) in [5.74, 6) is -0.787. The highest BCUT2D eigenvalue weighted by atomic mass is 16.2. The van der Waals surface area contributed by atoms with Crippen LogP contribution in [0.3, 0.4) is 0 Å². The van der Waals surface area contributed by atoms with Crippen molar-refractivity contribution in [2.45, 2.75) is 0 Å². The van der Waals surface area contributed by atoms with Crippen LogP contribution in [-0.4, -0.2) is 28.2 Å². The van der Waals surface area contributed by atoms with E-state index in [9.17, 15) is 14.9 Å². The van der Waals surface area contributed by atoms with E-state index < -0.39 is 5.91 Å². The number of para-hydroxylation sites is 2. The van der Waals surface area contributed by atoms with Gasteiger partial charge in [-0.15, -0.1) is 0 Å². The van der Waals surface area contributed by atoms with Crippen LogP contribution in [0.4, 0.5) is 11.4 Å². The van der Waals surface area contributed by atoms with Gasteiger partial charge in [0.05, 0.1) is 16.8 Å². The highest BCUT2D eigenvalue weighted by Crippen LogP contribution is 2.20. The van der Waals surface area contributed by atoms with E-state index in [2.05, 4.69) is 10.3 Å². The number of amides is 2. The number of nitrogens with zero attached hydrogens (tertiary/aromatic N) is 4. The van der Waals surface area contributed by atoms with Gasteiger partial charge in [-0.1, -0.05) is 36.4 Å². The topological polar surface area (TPSA) is 90.5 Å². The second-order valence-corrected chi connectivity index (χ2v) is 6.55. The van der Waals surface area contributed by atoms with Crippen molar-refractivity contribution in [3.8, 4) is 6.07 Å². The molecule has 0 aliphatic rings. The van der Waals surface area contributed by atoms with Crippen LogP contribution in [0.15, 0.2) is 79.0 Å². The predicted octanol–water partition coefficient (Wildman–Crippen LogP) is 3.73. The number of rotatable bonds is 4. The fraction of sp³-hybridized carbons (Fsp3) is 0.0435. The Bertz CT molecular complexity index is 1290. The number of hydrogen-bond donors (Lipinski definition) is 1. The Balaban J connectivity index is 1.73. The van der Waals surface area contributed by atoms with Crippen LogP contribution in [0.5, 0.6) is 0 Å². The molecule has 0 aliphatic heterocycles. The fourth-order valence-electron chi connectivity index (χ4n) is 3.15. The van der Waals surface area contributed by atoms with Crippen LogP contribution in [0.25, 0.3) is 5.52 Å². The standard InChI is InChI=1S/C23H17N5O2/c1-27(17-10-3-2-4-11-17)23(30)20-19-13-7-8-14-28(19)21(26-20)22(29)25-18-12-6-5-9-16(18)15-24/h2-14H,1H3,(H,25,29). The van der Waals surface area contributed by atoms with Crippen molar-refractivity contribution in [3.63, 3.8) is 0 Å². The quantitative estimate of drug-likeness (QED) is 0.570. The van der Waals surface area contributed by atoms with E-state index in [-0.39, 0.29) is 17.4 Å². The molecule has 0 aliphatic carbocycles. The molecule has 0 spiro atoms. The molecule has 0 saturated carbocycles. The molecular weight excluding hydrogens is 378 g/mol. The maximum Gasteiger partial charge on any atom is 0.292 e. The van der Waals surface area contributed by atoms with Crippen molar-refractivity contribution in [1.82, 2.24) is 9.38 Å². The van der Waals surface area contributed by atoms with Crippen molar-refractivity contribution in [1.29, 1.82) is 5.26 Å². The molecule has 2 aromatic heterocycles. The zero-order valence-corrected chi connectivity index (χ0v) is 16.1. The van der Waals surface area contributed by atoms with Crippen LogP contribution in [0.1, 0.15) is 26.7 Å². The SMILES string of the molecule is CN(C(=O)c1nc(C(=O)Nc2ccccc2C#N)n2ccccc12)c1ccccc1. The van der Waals surface area contributed by atoms with E-state index in [1.807, 2.05) is 36.4 Å². The number of aromatic nitrogens is 2. The summed E-state index contributed by atoms with van der Waals surface area (Å²) in [4.78, 5) is 31.9. The van der Waals surface area contributed by atoms with Gasteiger partial charge in [0.15, 0.2) is 5.69 Å². The number of pyridine rings is 1. The zero-order chi connectivity index (χ0) is 21.1. The minimum absolute atomic E-state index is 0.0585. The Kier molecular flexibility index (Phi) is 4.97. The van der Waals surface area contributed by atoms with Crippen LogP contribution >= 0.6 is 0 Å². The average Bonchev–Trinajstić information content (AvgIpc) is 3.19. The normalized spacial score (nSPS) is 10.4. The number of carbonyl (C=O) groups excluding carboxylic acids is 2.